The van der Waals surface area contributed by atoms with E-state index in [-0.39, 0.29) is 18.2 Å². The predicted octanol–water partition coefficient (Wildman–Crippen LogP) is 2.43. The maximum Gasteiger partial charge on any atom is 0.343 e. The Labute approximate surface area is 180 Å². The molecule has 0 atom stereocenters. The molecule has 9 heteroatoms. The second-order valence-corrected chi connectivity index (χ2v) is 7.29. The number of carbonyl (C=O) groups is 4. The van der Waals surface area contributed by atoms with Crippen molar-refractivity contribution in [3.05, 3.63) is 29.3 Å². The molecular weight excluding hydrogens is 404 g/mol. The Morgan fingerprint density at radius 2 is 1.87 bits per heavy atom. The van der Waals surface area contributed by atoms with Crippen molar-refractivity contribution in [2.45, 2.75) is 45.1 Å². The van der Waals surface area contributed by atoms with E-state index in [4.69, 9.17) is 9.47 Å². The van der Waals surface area contributed by atoms with E-state index >= 15 is 0 Å². The highest BCUT2D eigenvalue weighted by Crippen LogP contribution is 2.31. The van der Waals surface area contributed by atoms with Gasteiger partial charge in [-0.05, 0) is 43.5 Å². The number of nitrogens with zero attached hydrogens (tertiary/aromatic N) is 1. The zero-order chi connectivity index (χ0) is 22.4. The smallest absolute Gasteiger partial charge is 0.343 e. The van der Waals surface area contributed by atoms with Crippen LogP contribution in [0.2, 0.25) is 0 Å². The minimum absolute atomic E-state index is 0.115. The summed E-state index contributed by atoms with van der Waals surface area (Å²) < 4.78 is 15.5. The van der Waals surface area contributed by atoms with Gasteiger partial charge < -0.3 is 14.2 Å². The van der Waals surface area contributed by atoms with Gasteiger partial charge in [0.1, 0.15) is 5.57 Å². The van der Waals surface area contributed by atoms with Crippen LogP contribution >= 0.6 is 0 Å². The van der Waals surface area contributed by atoms with E-state index in [0.717, 1.165) is 32.1 Å². The molecule has 9 nitrogen and oxygen atoms in total. The molecule has 0 aromatic heterocycles. The summed E-state index contributed by atoms with van der Waals surface area (Å²) in [5.41, 5.74) is 0.404. The van der Waals surface area contributed by atoms with Crippen LogP contribution in [-0.2, 0) is 19.1 Å². The Bertz CT molecular complexity index is 903. The minimum atomic E-state index is -0.731. The standard InChI is InChI=1S/C22H26N2O7/c1-3-30-18-12-14(9-10-17(18)31-13-19(25)29-2)11-16-20(26)23-22(28)24(21(16)27)15-7-5-4-6-8-15/h9-12,15H,3-8,13H2,1-2H3,(H,23,26,28)/b16-11-. The largest absolute Gasteiger partial charge is 0.490 e. The Morgan fingerprint density at radius 3 is 2.55 bits per heavy atom. The Balaban J connectivity index is 1.86. The van der Waals surface area contributed by atoms with E-state index in [0.29, 0.717) is 23.7 Å². The van der Waals surface area contributed by atoms with Crippen LogP contribution < -0.4 is 14.8 Å². The summed E-state index contributed by atoms with van der Waals surface area (Å²) in [4.78, 5) is 50.2. The van der Waals surface area contributed by atoms with E-state index in [1.165, 1.54) is 18.1 Å². The Morgan fingerprint density at radius 1 is 1.13 bits per heavy atom. The topological polar surface area (TPSA) is 111 Å². The van der Waals surface area contributed by atoms with Gasteiger partial charge in [-0.15, -0.1) is 0 Å². The third kappa shape index (κ3) is 5.22. The molecule has 0 unspecified atom stereocenters. The first kappa shape index (κ1) is 22.3. The quantitative estimate of drug-likeness (QED) is 0.402. The van der Waals surface area contributed by atoms with Gasteiger partial charge in [0.05, 0.1) is 13.7 Å². The minimum Gasteiger partial charge on any atom is -0.490 e. The normalized spacial score (nSPS) is 18.7. The Kier molecular flexibility index (Phi) is 7.28. The molecule has 1 saturated carbocycles. The maximum absolute atomic E-state index is 13.0. The van der Waals surface area contributed by atoms with Crippen molar-refractivity contribution in [2.75, 3.05) is 20.3 Å². The molecule has 2 aliphatic rings. The number of rotatable bonds is 7. The van der Waals surface area contributed by atoms with Crippen molar-refractivity contribution in [3.8, 4) is 11.5 Å². The van der Waals surface area contributed by atoms with Crippen LogP contribution in [-0.4, -0.2) is 55.1 Å². The molecule has 1 aliphatic carbocycles. The van der Waals surface area contributed by atoms with Gasteiger partial charge in [-0.2, -0.15) is 0 Å². The number of hydrogen-bond acceptors (Lipinski definition) is 7. The number of nitrogens with one attached hydrogen (secondary N) is 1. The molecule has 1 saturated heterocycles. The molecule has 0 radical (unpaired) electrons. The molecular formula is C22H26N2O7. The second-order valence-electron chi connectivity index (χ2n) is 7.29. The summed E-state index contributed by atoms with van der Waals surface area (Å²) >= 11 is 0. The molecule has 2 fully saturated rings. The number of barbiturate groups is 1. The Hall–Kier alpha value is -3.36. The summed E-state index contributed by atoms with van der Waals surface area (Å²) in [6.45, 7) is 1.86. The fraction of sp³-hybridized carbons (Fsp3) is 0.455. The lowest BCUT2D eigenvalue weighted by Crippen LogP contribution is -2.58. The van der Waals surface area contributed by atoms with Crippen molar-refractivity contribution in [1.82, 2.24) is 10.2 Å². The van der Waals surface area contributed by atoms with Crippen LogP contribution in [0.1, 0.15) is 44.6 Å². The average Bonchev–Trinajstić information content (AvgIpc) is 2.76. The highest BCUT2D eigenvalue weighted by atomic mass is 16.6. The summed E-state index contributed by atoms with van der Waals surface area (Å²) in [5, 5.41) is 2.27. The third-order valence-electron chi connectivity index (χ3n) is 5.22. The van der Waals surface area contributed by atoms with Gasteiger partial charge in [0.2, 0.25) is 0 Å². The summed E-state index contributed by atoms with van der Waals surface area (Å²) in [6.07, 6.45) is 5.86. The zero-order valence-electron chi connectivity index (χ0n) is 17.6. The van der Waals surface area contributed by atoms with E-state index in [2.05, 4.69) is 10.1 Å². The van der Waals surface area contributed by atoms with Crippen LogP contribution in [0.3, 0.4) is 0 Å². The molecule has 1 aromatic carbocycles. The molecule has 31 heavy (non-hydrogen) atoms. The summed E-state index contributed by atoms with van der Waals surface area (Å²) in [7, 11) is 1.26. The van der Waals surface area contributed by atoms with Crippen LogP contribution in [0.4, 0.5) is 4.79 Å². The number of hydrogen-bond donors (Lipinski definition) is 1. The van der Waals surface area contributed by atoms with Gasteiger partial charge in [-0.3, -0.25) is 19.8 Å². The molecule has 3 rings (SSSR count). The van der Waals surface area contributed by atoms with Gasteiger partial charge >= 0.3 is 12.0 Å². The van der Waals surface area contributed by atoms with Crippen molar-refractivity contribution in [2.24, 2.45) is 0 Å². The second kappa shape index (κ2) is 10.1. The molecule has 1 aliphatic heterocycles. The number of ether oxygens (including phenoxy) is 3. The van der Waals surface area contributed by atoms with Gasteiger partial charge in [-0.25, -0.2) is 9.59 Å². The number of amides is 4. The number of benzene rings is 1. The average molecular weight is 430 g/mol. The van der Waals surface area contributed by atoms with Gasteiger partial charge in [0.25, 0.3) is 11.8 Å². The fourth-order valence-corrected chi connectivity index (χ4v) is 3.71. The molecule has 0 spiro atoms. The monoisotopic (exact) mass is 430 g/mol. The van der Waals surface area contributed by atoms with Gasteiger partial charge in [0.15, 0.2) is 18.1 Å². The van der Waals surface area contributed by atoms with Crippen molar-refractivity contribution in [3.63, 3.8) is 0 Å². The van der Waals surface area contributed by atoms with Crippen LogP contribution in [0, 0.1) is 0 Å². The van der Waals surface area contributed by atoms with Crippen molar-refractivity contribution in [1.29, 1.82) is 0 Å². The predicted molar refractivity (Wildman–Crippen MR) is 110 cm³/mol. The highest BCUT2D eigenvalue weighted by molar-refractivity contribution is 6.31. The summed E-state index contributed by atoms with van der Waals surface area (Å²) in [6, 6.07) is 3.94. The van der Waals surface area contributed by atoms with Crippen LogP contribution in [0.25, 0.3) is 6.08 Å². The SMILES string of the molecule is CCOc1cc(/C=C2/C(=O)NC(=O)N(C3CCCCC3)C2=O)ccc1OCC(=O)OC. The number of imide groups is 2. The number of carbonyl (C=O) groups excluding carboxylic acids is 4. The van der Waals surface area contributed by atoms with Gasteiger partial charge in [-0.1, -0.05) is 25.3 Å². The zero-order valence-corrected chi connectivity index (χ0v) is 17.6. The van der Waals surface area contributed by atoms with E-state index in [9.17, 15) is 19.2 Å². The molecule has 1 aromatic rings. The molecule has 1 heterocycles. The fourth-order valence-electron chi connectivity index (χ4n) is 3.71. The lowest BCUT2D eigenvalue weighted by atomic mass is 9.93. The molecule has 166 valence electrons. The molecule has 1 N–H and O–H groups in total. The van der Waals surface area contributed by atoms with Crippen LogP contribution in [0.15, 0.2) is 23.8 Å². The summed E-state index contributed by atoms with van der Waals surface area (Å²) in [5.74, 6) is -1.18. The van der Waals surface area contributed by atoms with Gasteiger partial charge in [0, 0.05) is 6.04 Å². The first-order chi connectivity index (χ1) is 14.9. The first-order valence-electron chi connectivity index (χ1n) is 10.3. The molecule has 0 bridgehead atoms. The lowest BCUT2D eigenvalue weighted by molar-refractivity contribution is -0.143. The van der Waals surface area contributed by atoms with E-state index in [1.807, 2.05) is 0 Å². The number of urea groups is 1. The first-order valence-corrected chi connectivity index (χ1v) is 10.3. The van der Waals surface area contributed by atoms with Crippen molar-refractivity contribution < 1.29 is 33.4 Å². The van der Waals surface area contributed by atoms with E-state index in [1.54, 1.807) is 25.1 Å². The maximum atomic E-state index is 13.0. The van der Waals surface area contributed by atoms with E-state index < -0.39 is 23.8 Å². The third-order valence-corrected chi connectivity index (χ3v) is 5.22. The lowest BCUT2D eigenvalue weighted by Gasteiger charge is -2.35. The molecule has 4 amide bonds. The highest BCUT2D eigenvalue weighted by Gasteiger charge is 2.40. The number of esters is 1. The number of methoxy groups -OCH3 is 1. The van der Waals surface area contributed by atoms with Crippen LogP contribution in [0.5, 0.6) is 11.5 Å². The van der Waals surface area contributed by atoms with Crippen molar-refractivity contribution >= 4 is 29.9 Å².